The van der Waals surface area contributed by atoms with Crippen molar-refractivity contribution in [1.82, 2.24) is 0 Å². The van der Waals surface area contributed by atoms with Crippen molar-refractivity contribution in [2.75, 3.05) is 39.6 Å². The number of allylic oxidation sites excluding steroid dienone is 4. The maximum absolute atomic E-state index is 13.0. The fourth-order valence-electron chi connectivity index (χ4n) is 10.1. The van der Waals surface area contributed by atoms with Crippen LogP contribution < -0.4 is 0 Å². The lowest BCUT2D eigenvalue weighted by atomic mass is 9.99. The summed E-state index contributed by atoms with van der Waals surface area (Å²) in [6, 6.07) is 0. The molecule has 0 radical (unpaired) electrons. The van der Waals surface area contributed by atoms with Gasteiger partial charge in [-0.1, -0.05) is 278 Å². The Morgan fingerprint density at radius 1 is 0.367 bits per heavy atom. The van der Waals surface area contributed by atoms with Gasteiger partial charge in [-0.15, -0.1) is 0 Å². The van der Waals surface area contributed by atoms with Crippen molar-refractivity contribution in [3.63, 3.8) is 0 Å². The molecule has 0 heterocycles. The minimum absolute atomic E-state index is 0.0841. The van der Waals surface area contributed by atoms with Gasteiger partial charge in [-0.05, 0) is 69.1 Å². The maximum Gasteiger partial charge on any atom is 0.472 e. The molecular formula is C71H134O17P2. The van der Waals surface area contributed by atoms with Crippen molar-refractivity contribution in [2.24, 2.45) is 17.8 Å². The van der Waals surface area contributed by atoms with E-state index in [2.05, 4.69) is 72.8 Å². The van der Waals surface area contributed by atoms with Gasteiger partial charge in [-0.3, -0.25) is 37.3 Å². The van der Waals surface area contributed by atoms with Gasteiger partial charge in [0.05, 0.1) is 26.4 Å². The van der Waals surface area contributed by atoms with E-state index in [1.165, 1.54) is 122 Å². The second-order valence-corrected chi connectivity index (χ2v) is 29.0. The third-order valence-electron chi connectivity index (χ3n) is 16.1. The van der Waals surface area contributed by atoms with Gasteiger partial charge in [-0.2, -0.15) is 0 Å². The first-order valence-corrected chi connectivity index (χ1v) is 39.2. The molecule has 3 N–H and O–H groups in total. The number of ether oxygens (including phenoxy) is 4. The molecule has 19 heteroatoms. The van der Waals surface area contributed by atoms with E-state index >= 15 is 0 Å². The first-order valence-electron chi connectivity index (χ1n) is 36.2. The quantitative estimate of drug-likeness (QED) is 0.0169. The van der Waals surface area contributed by atoms with Gasteiger partial charge in [-0.25, -0.2) is 9.13 Å². The van der Waals surface area contributed by atoms with Crippen LogP contribution in [0.4, 0.5) is 0 Å². The smallest absolute Gasteiger partial charge is 0.462 e. The van der Waals surface area contributed by atoms with Crippen LogP contribution >= 0.6 is 15.6 Å². The molecule has 0 rings (SSSR count). The van der Waals surface area contributed by atoms with Gasteiger partial charge in [0.1, 0.15) is 19.3 Å². The second-order valence-electron chi connectivity index (χ2n) is 26.1. The van der Waals surface area contributed by atoms with Crippen molar-refractivity contribution in [3.05, 3.63) is 24.3 Å². The normalized spacial score (nSPS) is 14.7. The fraction of sp³-hybridized carbons (Fsp3) is 0.887. The van der Waals surface area contributed by atoms with Crippen LogP contribution in [0.5, 0.6) is 0 Å². The zero-order valence-electron chi connectivity index (χ0n) is 58.1. The van der Waals surface area contributed by atoms with Crippen LogP contribution in [0.2, 0.25) is 0 Å². The number of hydrogen-bond donors (Lipinski definition) is 3. The number of rotatable bonds is 67. The molecule has 0 spiro atoms. The number of esters is 4. The molecule has 530 valence electrons. The number of carbonyl (C=O) groups excluding carboxylic acids is 4. The third-order valence-corrected chi connectivity index (χ3v) is 18.0. The SMILES string of the molecule is CCCCCC/C=C\C=C/CCCCCCCC(=O)O[C@H](COC(=O)CCCCCCCCCCCC(C)C)COP(=O)(O)OC[C@@H](O)COP(=O)(O)OC[C@@H](COC(=O)CCCCCCCCC(C)C)OC(=O)CCCCCCCCCCCCC(C)CC. The van der Waals surface area contributed by atoms with Crippen LogP contribution in [-0.2, 0) is 65.4 Å². The lowest BCUT2D eigenvalue weighted by Gasteiger charge is -2.21. The molecule has 0 aromatic carbocycles. The van der Waals surface area contributed by atoms with E-state index < -0.39 is 97.5 Å². The van der Waals surface area contributed by atoms with Crippen molar-refractivity contribution in [3.8, 4) is 0 Å². The van der Waals surface area contributed by atoms with Crippen molar-refractivity contribution >= 4 is 39.5 Å². The Bertz CT molecular complexity index is 1860. The largest absolute Gasteiger partial charge is 0.472 e. The molecule has 0 saturated carbocycles. The zero-order chi connectivity index (χ0) is 66.6. The summed E-state index contributed by atoms with van der Waals surface area (Å²) >= 11 is 0. The van der Waals surface area contributed by atoms with E-state index in [4.69, 9.17) is 37.0 Å². The number of phosphoric acid groups is 2. The molecule has 0 bridgehead atoms. The van der Waals surface area contributed by atoms with E-state index in [1.807, 2.05) is 0 Å². The minimum atomic E-state index is -4.96. The van der Waals surface area contributed by atoms with Gasteiger partial charge in [0.25, 0.3) is 0 Å². The van der Waals surface area contributed by atoms with Crippen LogP contribution in [0.25, 0.3) is 0 Å². The predicted molar refractivity (Wildman–Crippen MR) is 363 cm³/mol. The van der Waals surface area contributed by atoms with Crippen molar-refractivity contribution in [2.45, 2.75) is 349 Å². The van der Waals surface area contributed by atoms with E-state index in [0.29, 0.717) is 31.6 Å². The number of aliphatic hydroxyl groups is 1. The average molecular weight is 1320 g/mol. The lowest BCUT2D eigenvalue weighted by molar-refractivity contribution is -0.161. The molecule has 6 atom stereocenters. The summed E-state index contributed by atoms with van der Waals surface area (Å²) in [5.74, 6) is 0.0620. The molecule has 0 amide bonds. The summed E-state index contributed by atoms with van der Waals surface area (Å²) in [6.07, 6.45) is 48.1. The van der Waals surface area contributed by atoms with Gasteiger partial charge < -0.3 is 33.8 Å². The maximum atomic E-state index is 13.0. The van der Waals surface area contributed by atoms with E-state index in [9.17, 15) is 43.2 Å². The van der Waals surface area contributed by atoms with Gasteiger partial charge in [0, 0.05) is 25.7 Å². The Morgan fingerprint density at radius 2 is 0.656 bits per heavy atom. The van der Waals surface area contributed by atoms with Crippen LogP contribution in [-0.4, -0.2) is 96.7 Å². The van der Waals surface area contributed by atoms with Gasteiger partial charge >= 0.3 is 39.5 Å². The molecule has 17 nitrogen and oxygen atoms in total. The molecule has 0 aliphatic heterocycles. The molecule has 0 aliphatic carbocycles. The Kier molecular flexibility index (Phi) is 59.7. The van der Waals surface area contributed by atoms with Crippen molar-refractivity contribution < 1.29 is 80.2 Å². The first-order chi connectivity index (χ1) is 43.3. The monoisotopic (exact) mass is 1320 g/mol. The van der Waals surface area contributed by atoms with Crippen LogP contribution in [0.15, 0.2) is 24.3 Å². The van der Waals surface area contributed by atoms with Crippen LogP contribution in [0.3, 0.4) is 0 Å². The van der Waals surface area contributed by atoms with Gasteiger partial charge in [0.2, 0.25) is 0 Å². The highest BCUT2D eigenvalue weighted by Gasteiger charge is 2.30. The van der Waals surface area contributed by atoms with E-state index in [0.717, 1.165) is 121 Å². The highest BCUT2D eigenvalue weighted by Crippen LogP contribution is 2.45. The zero-order valence-corrected chi connectivity index (χ0v) is 59.9. The number of unbranched alkanes of at least 4 members (excludes halogenated alkanes) is 31. The number of aliphatic hydroxyl groups excluding tert-OH is 1. The molecule has 0 aliphatic rings. The molecular weight excluding hydrogens is 1190 g/mol. The Labute approximate surface area is 548 Å². The minimum Gasteiger partial charge on any atom is -0.462 e. The van der Waals surface area contributed by atoms with Crippen molar-refractivity contribution in [1.29, 1.82) is 0 Å². The lowest BCUT2D eigenvalue weighted by Crippen LogP contribution is -2.30. The van der Waals surface area contributed by atoms with Gasteiger partial charge in [0.15, 0.2) is 12.2 Å². The highest BCUT2D eigenvalue weighted by atomic mass is 31.2. The Balaban J connectivity index is 5.29. The number of phosphoric ester groups is 2. The summed E-state index contributed by atoms with van der Waals surface area (Å²) in [6.45, 7) is 11.7. The Hall–Kier alpha value is -2.46. The molecule has 0 aromatic rings. The third kappa shape index (κ3) is 63.0. The first kappa shape index (κ1) is 87.5. The molecule has 0 fully saturated rings. The summed E-state index contributed by atoms with van der Waals surface area (Å²) in [5.41, 5.74) is 0. The second kappa shape index (κ2) is 61.4. The Morgan fingerprint density at radius 3 is 0.989 bits per heavy atom. The standard InChI is InChI=1S/C71H134O17P2/c1-8-10-11-12-13-14-15-16-17-18-19-25-31-40-47-54-70(75)87-66(58-81-68(73)52-45-38-30-27-22-23-28-35-42-49-62(3)4)60-85-89(77,78)83-56-65(72)57-84-90(79,80)86-61-67(59-82-69(74)53-46-39-34-33-36-43-50-63(5)6)88-71(76)55-48-41-32-26-21-20-24-29-37-44-51-64(7)9-2/h14-17,62-67,72H,8-13,18-61H2,1-7H3,(H,77,78)(H,79,80)/b15-14-,17-16-/t64?,65-,66-,67-/m1/s1. The number of carbonyl (C=O) groups is 4. The molecule has 0 saturated heterocycles. The number of hydrogen-bond acceptors (Lipinski definition) is 15. The summed E-state index contributed by atoms with van der Waals surface area (Å²) in [4.78, 5) is 72.5. The van der Waals surface area contributed by atoms with Crippen LogP contribution in [0, 0.1) is 17.8 Å². The summed E-state index contributed by atoms with van der Waals surface area (Å²) < 4.78 is 68.2. The molecule has 3 unspecified atom stereocenters. The fourth-order valence-corrected chi connectivity index (χ4v) is 11.7. The highest BCUT2D eigenvalue weighted by molar-refractivity contribution is 7.47. The van der Waals surface area contributed by atoms with E-state index in [-0.39, 0.29) is 25.7 Å². The topological polar surface area (TPSA) is 237 Å². The summed E-state index contributed by atoms with van der Waals surface area (Å²) in [5, 5.41) is 10.6. The molecule has 90 heavy (non-hydrogen) atoms. The predicted octanol–water partition coefficient (Wildman–Crippen LogP) is 19.8. The average Bonchev–Trinajstić information content (AvgIpc) is 2.28. The summed E-state index contributed by atoms with van der Waals surface area (Å²) in [7, 11) is -9.92. The molecule has 0 aromatic heterocycles. The van der Waals surface area contributed by atoms with E-state index in [1.54, 1.807) is 0 Å². The van der Waals surface area contributed by atoms with Crippen LogP contribution in [0.1, 0.15) is 331 Å².